The van der Waals surface area contributed by atoms with E-state index in [0.717, 1.165) is 0 Å². The average molecular weight is 406 g/mol. The van der Waals surface area contributed by atoms with Gasteiger partial charge in [-0.2, -0.15) is 0 Å². The molecule has 2 aromatic carbocycles. The van der Waals surface area contributed by atoms with E-state index in [4.69, 9.17) is 23.2 Å². The number of amides is 2. The number of hydrogen-bond acceptors (Lipinski definition) is 4. The van der Waals surface area contributed by atoms with E-state index < -0.39 is 0 Å². The van der Waals surface area contributed by atoms with E-state index in [1.807, 2.05) is 0 Å². The van der Waals surface area contributed by atoms with Crippen LogP contribution in [0.15, 0.2) is 52.4 Å². The Balaban J connectivity index is 1.77. The highest BCUT2D eigenvalue weighted by atomic mass is 35.5. The minimum absolute atomic E-state index is 0.140. The van der Waals surface area contributed by atoms with Gasteiger partial charge in [-0.05, 0) is 59.8 Å². The van der Waals surface area contributed by atoms with Gasteiger partial charge in [0.2, 0.25) is 5.91 Å². The maximum Gasteiger partial charge on any atom is 0.264 e. The molecule has 2 aromatic rings. The molecule has 3 rings (SSSR count). The van der Waals surface area contributed by atoms with Gasteiger partial charge >= 0.3 is 0 Å². The molecular weight excluding hydrogens is 393 g/mol. The van der Waals surface area contributed by atoms with Gasteiger partial charge in [0.05, 0.1) is 10.6 Å². The molecule has 2 amide bonds. The van der Waals surface area contributed by atoms with Crippen LogP contribution in [0, 0.1) is 0 Å². The summed E-state index contributed by atoms with van der Waals surface area (Å²) in [5.41, 5.74) is 2.05. The van der Waals surface area contributed by atoms with Crippen LogP contribution in [0.4, 0.5) is 11.4 Å². The van der Waals surface area contributed by atoms with Crippen LogP contribution in [0.5, 0.6) is 0 Å². The second-order valence-corrected chi connectivity index (χ2v) is 7.25. The number of amidine groups is 1. The van der Waals surface area contributed by atoms with Gasteiger partial charge in [-0.15, -0.1) is 0 Å². The summed E-state index contributed by atoms with van der Waals surface area (Å²) in [4.78, 5) is 28.1. The van der Waals surface area contributed by atoms with Crippen molar-refractivity contribution in [1.29, 1.82) is 0 Å². The molecular formula is C18H13Cl2N3O2S. The Morgan fingerprint density at radius 3 is 2.58 bits per heavy atom. The minimum atomic E-state index is -0.241. The molecule has 0 bridgehead atoms. The summed E-state index contributed by atoms with van der Waals surface area (Å²) in [6, 6.07) is 12.1. The lowest BCUT2D eigenvalue weighted by molar-refractivity contribution is -0.115. The van der Waals surface area contributed by atoms with Crippen LogP contribution < -0.4 is 10.6 Å². The maximum absolute atomic E-state index is 12.1. The fraction of sp³-hybridized carbons (Fsp3) is 0.0556. The number of hydrogen-bond donors (Lipinski definition) is 2. The summed E-state index contributed by atoms with van der Waals surface area (Å²) in [5, 5.41) is 6.87. The smallest absolute Gasteiger partial charge is 0.264 e. The van der Waals surface area contributed by atoms with Gasteiger partial charge in [-0.25, -0.2) is 4.99 Å². The first kappa shape index (κ1) is 18.5. The largest absolute Gasteiger partial charge is 0.326 e. The van der Waals surface area contributed by atoms with Crippen molar-refractivity contribution in [3.8, 4) is 0 Å². The van der Waals surface area contributed by atoms with Crippen LogP contribution in [0.1, 0.15) is 12.5 Å². The SMILES string of the molecule is CC(=O)Nc1ccc(N=C2NC(=O)/C(=C/c3ccc(Cl)cc3Cl)S2)cc1. The summed E-state index contributed by atoms with van der Waals surface area (Å²) >= 11 is 13.3. The van der Waals surface area contributed by atoms with E-state index >= 15 is 0 Å². The zero-order chi connectivity index (χ0) is 18.7. The summed E-state index contributed by atoms with van der Waals surface area (Å²) in [5.74, 6) is -0.382. The Bertz CT molecular complexity index is 940. The van der Waals surface area contributed by atoms with Crippen molar-refractivity contribution < 1.29 is 9.59 Å². The summed E-state index contributed by atoms with van der Waals surface area (Å²) in [6.07, 6.45) is 1.70. The molecule has 5 nitrogen and oxygen atoms in total. The van der Waals surface area contributed by atoms with E-state index in [1.54, 1.807) is 48.5 Å². The Labute approximate surface area is 164 Å². The van der Waals surface area contributed by atoms with E-state index in [-0.39, 0.29) is 11.8 Å². The van der Waals surface area contributed by atoms with Gasteiger partial charge in [0.1, 0.15) is 0 Å². The molecule has 0 radical (unpaired) electrons. The number of aliphatic imine (C=N–C) groups is 1. The first-order chi connectivity index (χ1) is 12.4. The quantitative estimate of drug-likeness (QED) is 0.717. The third kappa shape index (κ3) is 4.66. The number of carbonyl (C=O) groups is 2. The predicted molar refractivity (Wildman–Crippen MR) is 108 cm³/mol. The number of nitrogens with one attached hydrogen (secondary N) is 2. The molecule has 1 aliphatic rings. The second kappa shape index (κ2) is 7.95. The molecule has 0 spiro atoms. The lowest BCUT2D eigenvalue weighted by atomic mass is 10.2. The van der Waals surface area contributed by atoms with Crippen molar-refractivity contribution in [3.05, 3.63) is 63.0 Å². The highest BCUT2D eigenvalue weighted by Crippen LogP contribution is 2.31. The zero-order valence-corrected chi connectivity index (χ0v) is 15.9. The third-order valence-corrected chi connectivity index (χ3v) is 4.79. The zero-order valence-electron chi connectivity index (χ0n) is 13.5. The van der Waals surface area contributed by atoms with Gasteiger partial charge in [-0.3, -0.25) is 9.59 Å². The Morgan fingerprint density at radius 2 is 1.92 bits per heavy atom. The van der Waals surface area contributed by atoms with E-state index in [1.165, 1.54) is 18.7 Å². The van der Waals surface area contributed by atoms with Crippen molar-refractivity contribution in [2.24, 2.45) is 4.99 Å². The first-order valence-electron chi connectivity index (χ1n) is 7.53. The average Bonchev–Trinajstić information content (AvgIpc) is 2.91. The fourth-order valence-electron chi connectivity index (χ4n) is 2.18. The number of anilines is 1. The number of nitrogens with zero attached hydrogens (tertiary/aromatic N) is 1. The van der Waals surface area contributed by atoms with Crippen LogP contribution in [-0.4, -0.2) is 17.0 Å². The van der Waals surface area contributed by atoms with Crippen molar-refractivity contribution in [2.75, 3.05) is 5.32 Å². The summed E-state index contributed by atoms with van der Waals surface area (Å²) in [7, 11) is 0. The van der Waals surface area contributed by atoms with Gasteiger partial charge in [0, 0.05) is 22.7 Å². The van der Waals surface area contributed by atoms with Crippen molar-refractivity contribution in [2.45, 2.75) is 6.92 Å². The highest BCUT2D eigenvalue weighted by Gasteiger charge is 2.24. The van der Waals surface area contributed by atoms with Crippen LogP contribution in [0.3, 0.4) is 0 Å². The molecule has 0 unspecified atom stereocenters. The predicted octanol–water partition coefficient (Wildman–Crippen LogP) is 4.84. The van der Waals surface area contributed by atoms with Crippen molar-refractivity contribution >= 4 is 69.4 Å². The Hall–Kier alpha value is -2.28. The fourth-order valence-corrected chi connectivity index (χ4v) is 3.48. The second-order valence-electron chi connectivity index (χ2n) is 5.38. The number of benzene rings is 2. The molecule has 1 aliphatic heterocycles. The lowest BCUT2D eigenvalue weighted by Gasteiger charge is -2.02. The molecule has 26 heavy (non-hydrogen) atoms. The van der Waals surface area contributed by atoms with Crippen LogP contribution in [0.2, 0.25) is 10.0 Å². The van der Waals surface area contributed by atoms with Crippen LogP contribution in [-0.2, 0) is 9.59 Å². The number of rotatable bonds is 3. The normalized spacial score (nSPS) is 16.8. The topological polar surface area (TPSA) is 70.6 Å². The van der Waals surface area contributed by atoms with E-state index in [0.29, 0.717) is 37.1 Å². The number of carbonyl (C=O) groups excluding carboxylic acids is 2. The molecule has 0 aliphatic carbocycles. The van der Waals surface area contributed by atoms with Gasteiger partial charge in [0.25, 0.3) is 5.91 Å². The van der Waals surface area contributed by atoms with Crippen LogP contribution >= 0.6 is 35.0 Å². The maximum atomic E-state index is 12.1. The lowest BCUT2D eigenvalue weighted by Crippen LogP contribution is -2.19. The molecule has 8 heteroatoms. The molecule has 0 atom stereocenters. The summed E-state index contributed by atoms with van der Waals surface area (Å²) in [6.45, 7) is 1.44. The van der Waals surface area contributed by atoms with E-state index in [2.05, 4.69) is 15.6 Å². The highest BCUT2D eigenvalue weighted by molar-refractivity contribution is 8.18. The minimum Gasteiger partial charge on any atom is -0.326 e. The monoisotopic (exact) mass is 405 g/mol. The Kier molecular flexibility index (Phi) is 5.66. The molecule has 0 aromatic heterocycles. The molecule has 0 saturated carbocycles. The molecule has 132 valence electrons. The number of halogens is 2. The molecule has 1 fully saturated rings. The Morgan fingerprint density at radius 1 is 1.19 bits per heavy atom. The summed E-state index contributed by atoms with van der Waals surface area (Å²) < 4.78 is 0. The first-order valence-corrected chi connectivity index (χ1v) is 9.10. The van der Waals surface area contributed by atoms with Crippen molar-refractivity contribution in [1.82, 2.24) is 5.32 Å². The standard InChI is InChI=1S/C18H13Cl2N3O2S/c1-10(24)21-13-4-6-14(7-5-13)22-18-23-17(25)16(26-18)8-11-2-3-12(19)9-15(11)20/h2-9H,1H3,(H,21,24)(H,22,23,25)/b16-8-. The van der Waals surface area contributed by atoms with Crippen LogP contribution in [0.25, 0.3) is 6.08 Å². The molecule has 1 saturated heterocycles. The van der Waals surface area contributed by atoms with E-state index in [9.17, 15) is 9.59 Å². The molecule has 2 N–H and O–H groups in total. The molecule has 1 heterocycles. The van der Waals surface area contributed by atoms with Gasteiger partial charge in [0.15, 0.2) is 5.17 Å². The van der Waals surface area contributed by atoms with Gasteiger partial charge < -0.3 is 10.6 Å². The number of thioether (sulfide) groups is 1. The third-order valence-electron chi connectivity index (χ3n) is 3.32. The van der Waals surface area contributed by atoms with Crippen molar-refractivity contribution in [3.63, 3.8) is 0 Å². The van der Waals surface area contributed by atoms with Gasteiger partial charge in [-0.1, -0.05) is 29.3 Å².